The predicted octanol–water partition coefficient (Wildman–Crippen LogP) is 3.11. The Morgan fingerprint density at radius 3 is 2.60 bits per heavy atom. The number of rotatable bonds is 5. The van der Waals surface area contributed by atoms with E-state index in [0.717, 1.165) is 24.6 Å². The lowest BCUT2D eigenvalue weighted by molar-refractivity contribution is 0.0933. The molecule has 1 aliphatic rings. The van der Waals surface area contributed by atoms with Crippen LogP contribution in [-0.4, -0.2) is 40.2 Å². The summed E-state index contributed by atoms with van der Waals surface area (Å²) in [7, 11) is 0. The molecule has 0 aliphatic carbocycles. The van der Waals surface area contributed by atoms with Crippen LogP contribution in [0.4, 0.5) is 0 Å². The van der Waals surface area contributed by atoms with Gasteiger partial charge in [0.25, 0.3) is 5.91 Å². The summed E-state index contributed by atoms with van der Waals surface area (Å²) in [4.78, 5) is 14.9. The Morgan fingerprint density at radius 2 is 2.04 bits per heavy atom. The molecule has 1 amide bonds. The molecular formula is C19H28N4O2. The number of nitrogens with zero attached hydrogens (tertiary/aromatic N) is 3. The Balaban J connectivity index is 1.68. The van der Waals surface area contributed by atoms with Crippen molar-refractivity contribution in [3.63, 3.8) is 0 Å². The van der Waals surface area contributed by atoms with Crippen LogP contribution in [0, 0.1) is 6.92 Å². The molecule has 1 atom stereocenters. The monoisotopic (exact) mass is 344 g/mol. The molecule has 6 nitrogen and oxygen atoms in total. The summed E-state index contributed by atoms with van der Waals surface area (Å²) in [5, 5.41) is 7.36. The highest BCUT2D eigenvalue weighted by Crippen LogP contribution is 2.26. The number of aromatic nitrogens is 2. The second-order valence-corrected chi connectivity index (χ2v) is 7.76. The smallest absolute Gasteiger partial charge is 0.254 e. The molecule has 1 N–H and O–H groups in total. The Morgan fingerprint density at radius 1 is 1.32 bits per heavy atom. The maximum Gasteiger partial charge on any atom is 0.254 e. The molecule has 25 heavy (non-hydrogen) atoms. The lowest BCUT2D eigenvalue weighted by Crippen LogP contribution is -2.36. The van der Waals surface area contributed by atoms with E-state index in [4.69, 9.17) is 4.42 Å². The van der Waals surface area contributed by atoms with E-state index in [-0.39, 0.29) is 17.5 Å². The molecule has 1 saturated heterocycles. The fourth-order valence-corrected chi connectivity index (χ4v) is 3.19. The Hall–Kier alpha value is -2.08. The van der Waals surface area contributed by atoms with Crippen LogP contribution < -0.4 is 5.32 Å². The van der Waals surface area contributed by atoms with Gasteiger partial charge in [0.1, 0.15) is 11.5 Å². The first-order valence-electron chi connectivity index (χ1n) is 8.98. The molecule has 3 heterocycles. The fraction of sp³-hybridized carbons (Fsp3) is 0.579. The van der Waals surface area contributed by atoms with Crippen LogP contribution in [0.3, 0.4) is 0 Å². The van der Waals surface area contributed by atoms with E-state index in [1.165, 1.54) is 12.8 Å². The van der Waals surface area contributed by atoms with Crippen molar-refractivity contribution in [2.24, 2.45) is 0 Å². The zero-order valence-electron chi connectivity index (χ0n) is 15.6. The van der Waals surface area contributed by atoms with Crippen LogP contribution in [0.15, 0.2) is 28.9 Å². The van der Waals surface area contributed by atoms with Gasteiger partial charge in [0.2, 0.25) is 0 Å². The first kappa shape index (κ1) is 17.7. The minimum absolute atomic E-state index is 0.0813. The van der Waals surface area contributed by atoms with Crippen LogP contribution >= 0.6 is 0 Å². The standard InChI is InChI=1S/C19H28N4O2/c1-14-7-8-17(25-14)16(22-9-5-6-10-22)12-20-18(24)15-11-21-23(13-15)19(2,3)4/h7-8,11,13,16H,5-6,9-10,12H2,1-4H3,(H,20,24)/t16-/m1/s1. The molecule has 0 spiro atoms. The molecule has 3 rings (SSSR count). The van der Waals surface area contributed by atoms with Crippen LogP contribution in [0.5, 0.6) is 0 Å². The highest BCUT2D eigenvalue weighted by Gasteiger charge is 2.27. The number of hydrogen-bond acceptors (Lipinski definition) is 4. The maximum atomic E-state index is 12.5. The minimum Gasteiger partial charge on any atom is -0.465 e. The van der Waals surface area contributed by atoms with E-state index >= 15 is 0 Å². The van der Waals surface area contributed by atoms with Gasteiger partial charge >= 0.3 is 0 Å². The molecule has 0 saturated carbocycles. The van der Waals surface area contributed by atoms with Gasteiger partial charge in [-0.3, -0.25) is 14.4 Å². The number of likely N-dealkylation sites (tertiary alicyclic amines) is 1. The van der Waals surface area contributed by atoms with Crippen molar-refractivity contribution in [2.45, 2.75) is 52.1 Å². The summed E-state index contributed by atoms with van der Waals surface area (Å²) in [5.74, 6) is 1.73. The maximum absolute atomic E-state index is 12.5. The topological polar surface area (TPSA) is 63.3 Å². The summed E-state index contributed by atoms with van der Waals surface area (Å²) in [6, 6.07) is 4.08. The molecule has 1 aliphatic heterocycles. The fourth-order valence-electron chi connectivity index (χ4n) is 3.19. The number of nitrogens with one attached hydrogen (secondary N) is 1. The van der Waals surface area contributed by atoms with Crippen LogP contribution in [0.25, 0.3) is 0 Å². The van der Waals surface area contributed by atoms with Gasteiger partial charge < -0.3 is 9.73 Å². The van der Waals surface area contributed by atoms with Crippen molar-refractivity contribution in [3.05, 3.63) is 41.6 Å². The van der Waals surface area contributed by atoms with Gasteiger partial charge in [-0.25, -0.2) is 0 Å². The van der Waals surface area contributed by atoms with Crippen molar-refractivity contribution in [1.82, 2.24) is 20.0 Å². The van der Waals surface area contributed by atoms with E-state index in [2.05, 4.69) is 36.1 Å². The molecule has 6 heteroatoms. The van der Waals surface area contributed by atoms with Gasteiger partial charge in [-0.2, -0.15) is 5.10 Å². The first-order valence-corrected chi connectivity index (χ1v) is 8.98. The number of aryl methyl sites for hydroxylation is 1. The minimum atomic E-state index is -0.137. The Kier molecular flexibility index (Phi) is 4.99. The lowest BCUT2D eigenvalue weighted by atomic mass is 10.1. The number of hydrogen-bond donors (Lipinski definition) is 1. The van der Waals surface area contributed by atoms with Crippen LogP contribution in [0.1, 0.15) is 61.5 Å². The van der Waals surface area contributed by atoms with Gasteiger partial charge in [0.15, 0.2) is 0 Å². The zero-order valence-corrected chi connectivity index (χ0v) is 15.6. The average molecular weight is 344 g/mol. The van der Waals surface area contributed by atoms with Crippen molar-refractivity contribution in [3.8, 4) is 0 Å². The molecular weight excluding hydrogens is 316 g/mol. The SMILES string of the molecule is Cc1ccc([C@@H](CNC(=O)c2cnn(C(C)(C)C)c2)N2CCCC2)o1. The van der Waals surface area contributed by atoms with E-state index < -0.39 is 0 Å². The first-order chi connectivity index (χ1) is 11.8. The Bertz CT molecular complexity index is 720. The Labute approximate surface area is 149 Å². The second kappa shape index (κ2) is 7.04. The quantitative estimate of drug-likeness (QED) is 0.905. The van der Waals surface area contributed by atoms with Crippen LogP contribution in [0.2, 0.25) is 0 Å². The van der Waals surface area contributed by atoms with Gasteiger partial charge in [-0.15, -0.1) is 0 Å². The highest BCUT2D eigenvalue weighted by molar-refractivity contribution is 5.93. The van der Waals surface area contributed by atoms with E-state index in [0.29, 0.717) is 12.1 Å². The molecule has 2 aromatic heterocycles. The van der Waals surface area contributed by atoms with Crippen molar-refractivity contribution >= 4 is 5.91 Å². The van der Waals surface area contributed by atoms with Crippen molar-refractivity contribution in [2.75, 3.05) is 19.6 Å². The summed E-state index contributed by atoms with van der Waals surface area (Å²) in [6.45, 7) is 10.7. The van der Waals surface area contributed by atoms with Crippen molar-refractivity contribution < 1.29 is 9.21 Å². The largest absolute Gasteiger partial charge is 0.465 e. The zero-order chi connectivity index (χ0) is 18.0. The molecule has 0 radical (unpaired) electrons. The summed E-state index contributed by atoms with van der Waals surface area (Å²) < 4.78 is 7.65. The van der Waals surface area contributed by atoms with Gasteiger partial charge in [-0.1, -0.05) is 0 Å². The highest BCUT2D eigenvalue weighted by atomic mass is 16.3. The van der Waals surface area contributed by atoms with Gasteiger partial charge in [0, 0.05) is 12.7 Å². The molecule has 0 bridgehead atoms. The molecule has 1 fully saturated rings. The summed E-state index contributed by atoms with van der Waals surface area (Å²) in [6.07, 6.45) is 5.82. The lowest BCUT2D eigenvalue weighted by Gasteiger charge is -2.26. The molecule has 0 aromatic carbocycles. The molecule has 136 valence electrons. The van der Waals surface area contributed by atoms with Gasteiger partial charge in [0.05, 0.1) is 23.3 Å². The van der Waals surface area contributed by atoms with E-state index in [1.807, 2.05) is 23.7 Å². The van der Waals surface area contributed by atoms with Gasteiger partial charge in [-0.05, 0) is 65.8 Å². The second-order valence-electron chi connectivity index (χ2n) is 7.76. The third kappa shape index (κ3) is 4.12. The van der Waals surface area contributed by atoms with E-state index in [1.54, 1.807) is 12.4 Å². The average Bonchev–Trinajstić information content (AvgIpc) is 3.28. The third-order valence-electron chi connectivity index (χ3n) is 4.66. The summed E-state index contributed by atoms with van der Waals surface area (Å²) >= 11 is 0. The van der Waals surface area contributed by atoms with E-state index in [9.17, 15) is 4.79 Å². The number of carbonyl (C=O) groups is 1. The van der Waals surface area contributed by atoms with Crippen LogP contribution in [-0.2, 0) is 5.54 Å². The normalized spacial score (nSPS) is 17.0. The third-order valence-corrected chi connectivity index (χ3v) is 4.66. The van der Waals surface area contributed by atoms with Crippen molar-refractivity contribution in [1.29, 1.82) is 0 Å². The predicted molar refractivity (Wildman–Crippen MR) is 96.5 cm³/mol. The summed E-state index contributed by atoms with van der Waals surface area (Å²) in [5.41, 5.74) is 0.452. The number of furan rings is 1. The number of carbonyl (C=O) groups excluding carboxylic acids is 1. The number of amides is 1. The molecule has 2 aromatic rings. The molecule has 0 unspecified atom stereocenters.